The van der Waals surface area contributed by atoms with Gasteiger partial charge in [0.25, 0.3) is 5.91 Å². The van der Waals surface area contributed by atoms with Crippen LogP contribution in [-0.4, -0.2) is 29.9 Å². The molecule has 0 saturated heterocycles. The SMILES string of the molecule is CCN(C(=O)c1cccc(Br)c1)C1CCCCC1CN. The third-order valence-corrected chi connectivity index (χ3v) is 4.74. The van der Waals surface area contributed by atoms with E-state index in [0.29, 0.717) is 18.5 Å². The van der Waals surface area contributed by atoms with Crippen molar-refractivity contribution in [1.82, 2.24) is 4.90 Å². The molecule has 2 atom stereocenters. The van der Waals surface area contributed by atoms with Crippen LogP contribution in [0.1, 0.15) is 43.0 Å². The van der Waals surface area contributed by atoms with E-state index >= 15 is 0 Å². The molecule has 1 aromatic carbocycles. The molecule has 4 heteroatoms. The number of carbonyl (C=O) groups excluding carboxylic acids is 1. The molecule has 1 aromatic rings. The summed E-state index contributed by atoms with van der Waals surface area (Å²) in [5.41, 5.74) is 6.66. The van der Waals surface area contributed by atoms with Crippen molar-refractivity contribution in [1.29, 1.82) is 0 Å². The highest BCUT2D eigenvalue weighted by Gasteiger charge is 2.31. The molecule has 1 aliphatic carbocycles. The first kappa shape index (κ1) is 15.5. The maximum absolute atomic E-state index is 12.8. The molecule has 2 N–H and O–H groups in total. The zero-order valence-electron chi connectivity index (χ0n) is 12.0. The van der Waals surface area contributed by atoms with E-state index in [1.807, 2.05) is 29.2 Å². The van der Waals surface area contributed by atoms with Crippen molar-refractivity contribution in [2.24, 2.45) is 11.7 Å². The second-order valence-electron chi connectivity index (χ2n) is 5.45. The van der Waals surface area contributed by atoms with Crippen LogP contribution in [0.25, 0.3) is 0 Å². The standard InChI is InChI=1S/C16H23BrN2O/c1-2-19(15-9-4-3-6-13(15)11-18)16(20)12-7-5-8-14(17)10-12/h5,7-8,10,13,15H,2-4,6,9,11,18H2,1H3. The highest BCUT2D eigenvalue weighted by atomic mass is 79.9. The molecule has 1 fully saturated rings. The highest BCUT2D eigenvalue weighted by molar-refractivity contribution is 9.10. The van der Waals surface area contributed by atoms with Crippen molar-refractivity contribution < 1.29 is 4.79 Å². The zero-order chi connectivity index (χ0) is 14.5. The average molecular weight is 339 g/mol. The van der Waals surface area contributed by atoms with Gasteiger partial charge in [0.1, 0.15) is 0 Å². The Morgan fingerprint density at radius 3 is 2.80 bits per heavy atom. The second kappa shape index (κ2) is 7.23. The van der Waals surface area contributed by atoms with Crippen molar-refractivity contribution in [3.8, 4) is 0 Å². The minimum absolute atomic E-state index is 0.124. The lowest BCUT2D eigenvalue weighted by Crippen LogP contribution is -2.48. The Labute approximate surface area is 129 Å². The minimum Gasteiger partial charge on any atom is -0.336 e. The van der Waals surface area contributed by atoms with Gasteiger partial charge >= 0.3 is 0 Å². The first-order chi connectivity index (χ1) is 9.67. The fraction of sp³-hybridized carbons (Fsp3) is 0.562. The van der Waals surface area contributed by atoms with Gasteiger partial charge in [-0.3, -0.25) is 4.79 Å². The van der Waals surface area contributed by atoms with Gasteiger partial charge in [-0.05, 0) is 50.4 Å². The molecule has 0 aliphatic heterocycles. The number of hydrogen-bond acceptors (Lipinski definition) is 2. The predicted octanol–water partition coefficient (Wildman–Crippen LogP) is 3.43. The number of amides is 1. The van der Waals surface area contributed by atoms with Gasteiger partial charge in [-0.2, -0.15) is 0 Å². The summed E-state index contributed by atoms with van der Waals surface area (Å²) in [6.45, 7) is 3.47. The van der Waals surface area contributed by atoms with Gasteiger partial charge in [-0.1, -0.05) is 34.8 Å². The molecule has 0 heterocycles. The van der Waals surface area contributed by atoms with Crippen molar-refractivity contribution in [3.05, 3.63) is 34.3 Å². The quantitative estimate of drug-likeness (QED) is 0.914. The molecule has 2 unspecified atom stereocenters. The maximum atomic E-state index is 12.8. The van der Waals surface area contributed by atoms with Crippen LogP contribution in [0.4, 0.5) is 0 Å². The van der Waals surface area contributed by atoms with Gasteiger partial charge in [0.15, 0.2) is 0 Å². The van der Waals surface area contributed by atoms with E-state index in [9.17, 15) is 4.79 Å². The largest absolute Gasteiger partial charge is 0.336 e. The molecule has 1 aliphatic rings. The van der Waals surface area contributed by atoms with Crippen molar-refractivity contribution >= 4 is 21.8 Å². The number of carbonyl (C=O) groups is 1. The maximum Gasteiger partial charge on any atom is 0.254 e. The van der Waals surface area contributed by atoms with E-state index in [1.165, 1.54) is 12.8 Å². The first-order valence-electron chi connectivity index (χ1n) is 7.44. The Balaban J connectivity index is 2.20. The Morgan fingerprint density at radius 1 is 1.40 bits per heavy atom. The minimum atomic E-state index is 0.124. The van der Waals surface area contributed by atoms with Crippen LogP contribution in [0.5, 0.6) is 0 Å². The second-order valence-corrected chi connectivity index (χ2v) is 6.36. The normalized spacial score (nSPS) is 22.6. The van der Waals surface area contributed by atoms with Crippen LogP contribution in [-0.2, 0) is 0 Å². The summed E-state index contributed by atoms with van der Waals surface area (Å²) < 4.78 is 0.943. The molecular weight excluding hydrogens is 316 g/mol. The fourth-order valence-electron chi connectivity index (χ4n) is 3.19. The molecule has 20 heavy (non-hydrogen) atoms. The van der Waals surface area contributed by atoms with Crippen LogP contribution >= 0.6 is 15.9 Å². The molecule has 2 rings (SSSR count). The van der Waals surface area contributed by atoms with Crippen molar-refractivity contribution in [3.63, 3.8) is 0 Å². The van der Waals surface area contributed by atoms with E-state index in [1.54, 1.807) is 0 Å². The summed E-state index contributed by atoms with van der Waals surface area (Å²) in [6, 6.07) is 7.93. The van der Waals surface area contributed by atoms with Gasteiger partial charge < -0.3 is 10.6 Å². The van der Waals surface area contributed by atoms with Gasteiger partial charge in [0.2, 0.25) is 0 Å². The van der Waals surface area contributed by atoms with Gasteiger partial charge in [0.05, 0.1) is 0 Å². The lowest BCUT2D eigenvalue weighted by molar-refractivity contribution is 0.0560. The average Bonchev–Trinajstić information content (AvgIpc) is 2.48. The van der Waals surface area contributed by atoms with E-state index in [4.69, 9.17) is 5.73 Å². The summed E-state index contributed by atoms with van der Waals surface area (Å²) in [5, 5.41) is 0. The van der Waals surface area contributed by atoms with Crippen LogP contribution in [0, 0.1) is 5.92 Å². The van der Waals surface area contributed by atoms with Crippen LogP contribution < -0.4 is 5.73 Å². The van der Waals surface area contributed by atoms with Crippen LogP contribution in [0.15, 0.2) is 28.7 Å². The van der Waals surface area contributed by atoms with E-state index in [2.05, 4.69) is 22.9 Å². The molecule has 1 amide bonds. The molecule has 0 aromatic heterocycles. The summed E-state index contributed by atoms with van der Waals surface area (Å²) in [7, 11) is 0. The number of nitrogens with zero attached hydrogens (tertiary/aromatic N) is 1. The monoisotopic (exact) mass is 338 g/mol. The molecule has 3 nitrogen and oxygen atoms in total. The number of halogens is 1. The summed E-state index contributed by atoms with van der Waals surface area (Å²) in [6.07, 6.45) is 4.66. The summed E-state index contributed by atoms with van der Waals surface area (Å²) >= 11 is 3.43. The molecule has 1 saturated carbocycles. The first-order valence-corrected chi connectivity index (χ1v) is 8.23. The Kier molecular flexibility index (Phi) is 5.61. The Morgan fingerprint density at radius 2 is 2.15 bits per heavy atom. The third kappa shape index (κ3) is 3.41. The third-order valence-electron chi connectivity index (χ3n) is 4.25. The Hall–Kier alpha value is -0.870. The van der Waals surface area contributed by atoms with E-state index < -0.39 is 0 Å². The number of rotatable bonds is 4. The lowest BCUT2D eigenvalue weighted by Gasteiger charge is -2.39. The molecule has 0 radical (unpaired) electrons. The van der Waals surface area contributed by atoms with Crippen LogP contribution in [0.3, 0.4) is 0 Å². The van der Waals surface area contributed by atoms with Gasteiger partial charge in [-0.15, -0.1) is 0 Å². The van der Waals surface area contributed by atoms with E-state index in [-0.39, 0.29) is 5.91 Å². The number of nitrogens with two attached hydrogens (primary N) is 1. The fourth-order valence-corrected chi connectivity index (χ4v) is 3.59. The smallest absolute Gasteiger partial charge is 0.254 e. The molecule has 110 valence electrons. The predicted molar refractivity (Wildman–Crippen MR) is 85.7 cm³/mol. The van der Waals surface area contributed by atoms with Crippen molar-refractivity contribution in [2.75, 3.05) is 13.1 Å². The lowest BCUT2D eigenvalue weighted by atomic mass is 9.83. The highest BCUT2D eigenvalue weighted by Crippen LogP contribution is 2.29. The van der Waals surface area contributed by atoms with E-state index in [0.717, 1.165) is 29.4 Å². The molecule has 0 spiro atoms. The number of benzene rings is 1. The van der Waals surface area contributed by atoms with Crippen LogP contribution in [0.2, 0.25) is 0 Å². The molecular formula is C16H23BrN2O. The van der Waals surface area contributed by atoms with Gasteiger partial charge in [-0.25, -0.2) is 0 Å². The zero-order valence-corrected chi connectivity index (χ0v) is 13.6. The number of hydrogen-bond donors (Lipinski definition) is 1. The van der Waals surface area contributed by atoms with Gasteiger partial charge in [0, 0.05) is 22.6 Å². The molecule has 0 bridgehead atoms. The Bertz CT molecular complexity index is 464. The van der Waals surface area contributed by atoms with Crippen molar-refractivity contribution in [2.45, 2.75) is 38.6 Å². The summed E-state index contributed by atoms with van der Waals surface area (Å²) in [5.74, 6) is 0.568. The summed E-state index contributed by atoms with van der Waals surface area (Å²) in [4.78, 5) is 14.8. The topological polar surface area (TPSA) is 46.3 Å².